The van der Waals surface area contributed by atoms with Crippen molar-refractivity contribution in [3.63, 3.8) is 0 Å². The number of likely N-dealkylation sites (tertiary alicyclic amines) is 1. The van der Waals surface area contributed by atoms with Gasteiger partial charge in [-0.05, 0) is 74.7 Å². The zero-order chi connectivity index (χ0) is 27.9. The van der Waals surface area contributed by atoms with E-state index in [-0.39, 0.29) is 17.8 Å². The van der Waals surface area contributed by atoms with Gasteiger partial charge in [-0.2, -0.15) is 0 Å². The summed E-state index contributed by atoms with van der Waals surface area (Å²) in [4.78, 5) is 23.4. The number of benzene rings is 2. The zero-order valence-corrected chi connectivity index (χ0v) is 23.3. The van der Waals surface area contributed by atoms with Gasteiger partial charge < -0.3 is 23.9 Å². The summed E-state index contributed by atoms with van der Waals surface area (Å²) >= 11 is 6.03. The predicted molar refractivity (Wildman–Crippen MR) is 153 cm³/mol. The van der Waals surface area contributed by atoms with Gasteiger partial charge in [0, 0.05) is 18.4 Å². The highest BCUT2D eigenvalue weighted by Crippen LogP contribution is 2.44. The highest BCUT2D eigenvalue weighted by molar-refractivity contribution is 6.30. The van der Waals surface area contributed by atoms with Crippen molar-refractivity contribution in [2.75, 3.05) is 26.3 Å². The van der Waals surface area contributed by atoms with Crippen molar-refractivity contribution in [1.29, 1.82) is 0 Å². The van der Waals surface area contributed by atoms with Crippen LogP contribution in [-0.2, 0) is 17.8 Å². The van der Waals surface area contributed by atoms with Crippen LogP contribution in [0.25, 0.3) is 11.0 Å². The minimum absolute atomic E-state index is 0.142. The van der Waals surface area contributed by atoms with Gasteiger partial charge in [0.15, 0.2) is 17.6 Å². The van der Waals surface area contributed by atoms with E-state index in [9.17, 15) is 9.90 Å². The monoisotopic (exact) mass is 574 g/mol. The molecule has 2 saturated heterocycles. The second kappa shape index (κ2) is 11.0. The third-order valence-corrected chi connectivity index (χ3v) is 8.61. The molecule has 1 N–H and O–H groups in total. The Morgan fingerprint density at radius 1 is 1.10 bits per heavy atom. The quantitative estimate of drug-likeness (QED) is 0.310. The summed E-state index contributed by atoms with van der Waals surface area (Å²) in [5.74, 6) is 1.96. The van der Waals surface area contributed by atoms with E-state index in [0.717, 1.165) is 73.0 Å². The summed E-state index contributed by atoms with van der Waals surface area (Å²) < 4.78 is 20.4. The average Bonchev–Trinajstić information content (AvgIpc) is 3.31. The van der Waals surface area contributed by atoms with Crippen LogP contribution in [0.4, 0.5) is 0 Å². The van der Waals surface area contributed by atoms with Crippen LogP contribution in [0, 0.1) is 0 Å². The molecular formula is C31H31ClN4O5. The first-order chi connectivity index (χ1) is 20.0. The number of fused-ring (bicyclic) bond motifs is 2. The summed E-state index contributed by atoms with van der Waals surface area (Å²) in [5.41, 5.74) is 3.92. The van der Waals surface area contributed by atoms with Crippen LogP contribution in [0.3, 0.4) is 0 Å². The molecule has 2 atom stereocenters. The third kappa shape index (κ3) is 5.25. The van der Waals surface area contributed by atoms with Gasteiger partial charge in [-0.15, -0.1) is 0 Å². The van der Waals surface area contributed by atoms with Crippen LogP contribution >= 0.6 is 11.6 Å². The minimum Gasteiger partial charge on any atom is -0.485 e. The number of carboxylic acid groups (broad SMARTS) is 1. The lowest BCUT2D eigenvalue weighted by molar-refractivity contribution is -0.0592. The highest BCUT2D eigenvalue weighted by Gasteiger charge is 2.31. The molecule has 0 radical (unpaired) electrons. The smallest absolute Gasteiger partial charge is 0.335 e. The Bertz CT molecular complexity index is 1580. The average molecular weight is 575 g/mol. The number of para-hydroxylation sites is 1. The molecule has 4 aromatic rings. The van der Waals surface area contributed by atoms with Crippen LogP contribution < -0.4 is 9.47 Å². The summed E-state index contributed by atoms with van der Waals surface area (Å²) in [6, 6.07) is 15.0. The van der Waals surface area contributed by atoms with E-state index in [4.69, 9.17) is 30.8 Å². The fraction of sp³-hybridized carbons (Fsp3) is 0.387. The van der Waals surface area contributed by atoms with Crippen LogP contribution in [0.1, 0.15) is 58.7 Å². The molecular weight excluding hydrogens is 544 g/mol. The molecule has 0 saturated carbocycles. The van der Waals surface area contributed by atoms with Crippen LogP contribution in [0.15, 0.2) is 54.7 Å². The maximum Gasteiger partial charge on any atom is 0.335 e. The van der Waals surface area contributed by atoms with Crippen molar-refractivity contribution in [3.8, 4) is 11.5 Å². The molecule has 10 heteroatoms. The van der Waals surface area contributed by atoms with E-state index >= 15 is 0 Å². The lowest BCUT2D eigenvalue weighted by Crippen LogP contribution is -2.35. The normalized spacial score (nSPS) is 21.1. The minimum atomic E-state index is -0.934. The summed E-state index contributed by atoms with van der Waals surface area (Å²) in [5, 5.41) is 10.1. The Hall–Kier alpha value is -3.66. The number of halogens is 1. The largest absolute Gasteiger partial charge is 0.485 e. The van der Waals surface area contributed by atoms with Gasteiger partial charge in [0.2, 0.25) is 0 Å². The molecule has 5 heterocycles. The van der Waals surface area contributed by atoms with Crippen molar-refractivity contribution in [1.82, 2.24) is 19.4 Å². The third-order valence-electron chi connectivity index (χ3n) is 8.39. The Kier molecular flexibility index (Phi) is 7.02. The number of aromatic carboxylic acids is 1. The number of pyridine rings is 1. The second-order valence-corrected chi connectivity index (χ2v) is 11.4. The SMILES string of the molecule is O=C(O)c1ccc2nc(CN3CCC(c4cccc5c4O[C@H](c4ccc(Cl)cn4)CO5)CC3)n(C[C@@H]3CCO3)c2c1. The van der Waals surface area contributed by atoms with Gasteiger partial charge in [-0.1, -0.05) is 23.7 Å². The Morgan fingerprint density at radius 2 is 1.95 bits per heavy atom. The number of aromatic nitrogens is 3. The van der Waals surface area contributed by atoms with Gasteiger partial charge >= 0.3 is 5.97 Å². The molecule has 3 aliphatic rings. The maximum absolute atomic E-state index is 11.6. The van der Waals surface area contributed by atoms with Gasteiger partial charge in [-0.25, -0.2) is 9.78 Å². The van der Waals surface area contributed by atoms with Crippen molar-refractivity contribution in [2.45, 2.75) is 50.5 Å². The molecule has 3 aliphatic heterocycles. The van der Waals surface area contributed by atoms with Gasteiger partial charge in [0.05, 0.1) is 46.5 Å². The summed E-state index contributed by atoms with van der Waals surface area (Å²) in [7, 11) is 0. The Balaban J connectivity index is 1.07. The molecule has 0 unspecified atom stereocenters. The number of hydrogen-bond donors (Lipinski definition) is 1. The fourth-order valence-electron chi connectivity index (χ4n) is 6.02. The van der Waals surface area contributed by atoms with Crippen molar-refractivity contribution < 1.29 is 24.1 Å². The molecule has 2 aromatic heterocycles. The first kappa shape index (κ1) is 26.3. The molecule has 2 fully saturated rings. The summed E-state index contributed by atoms with van der Waals surface area (Å²) in [6.45, 7) is 4.40. The lowest BCUT2D eigenvalue weighted by atomic mass is 9.88. The van der Waals surface area contributed by atoms with Crippen LogP contribution in [0.2, 0.25) is 5.02 Å². The van der Waals surface area contributed by atoms with Crippen LogP contribution in [0.5, 0.6) is 11.5 Å². The molecule has 0 amide bonds. The first-order valence-corrected chi connectivity index (χ1v) is 14.5. The Morgan fingerprint density at radius 3 is 2.68 bits per heavy atom. The number of carboxylic acids is 1. The van der Waals surface area contributed by atoms with E-state index in [1.165, 1.54) is 5.56 Å². The van der Waals surface area contributed by atoms with E-state index < -0.39 is 5.97 Å². The van der Waals surface area contributed by atoms with Gasteiger partial charge in [0.1, 0.15) is 12.4 Å². The van der Waals surface area contributed by atoms with Gasteiger partial charge in [0.25, 0.3) is 0 Å². The van der Waals surface area contributed by atoms with E-state index in [1.807, 2.05) is 24.3 Å². The van der Waals surface area contributed by atoms with Gasteiger partial charge in [-0.3, -0.25) is 9.88 Å². The molecule has 0 bridgehead atoms. The van der Waals surface area contributed by atoms with Crippen molar-refractivity contribution in [2.24, 2.45) is 0 Å². The number of carbonyl (C=O) groups is 1. The number of hydrogen-bond acceptors (Lipinski definition) is 7. The Labute approximate surface area is 242 Å². The number of ether oxygens (including phenoxy) is 3. The van der Waals surface area contributed by atoms with E-state index in [1.54, 1.807) is 24.4 Å². The first-order valence-electron chi connectivity index (χ1n) is 14.1. The number of piperidine rings is 1. The van der Waals surface area contributed by atoms with Crippen molar-refractivity contribution >= 4 is 28.6 Å². The molecule has 0 spiro atoms. The standard InChI is InChI=1S/C31H31ClN4O5/c32-21-5-7-25(33-15-21)28-18-40-27-3-1-2-23(30(27)41-28)19-8-11-35(12-9-19)17-29-34-24-6-4-20(31(37)38)14-26(24)36(29)16-22-10-13-39-22/h1-7,14-15,19,22,28H,8-13,16-18H2,(H,37,38)/t22-,28-/m0/s1. The number of nitrogens with zero attached hydrogens (tertiary/aromatic N) is 4. The predicted octanol–water partition coefficient (Wildman–Crippen LogP) is 5.46. The van der Waals surface area contributed by atoms with E-state index in [0.29, 0.717) is 30.6 Å². The number of imidazole rings is 1. The summed E-state index contributed by atoms with van der Waals surface area (Å²) in [6.07, 6.45) is 4.47. The van der Waals surface area contributed by atoms with Crippen LogP contribution in [-0.4, -0.2) is 62.9 Å². The molecule has 212 valence electrons. The molecule has 41 heavy (non-hydrogen) atoms. The maximum atomic E-state index is 11.6. The molecule has 9 nitrogen and oxygen atoms in total. The van der Waals surface area contributed by atoms with E-state index in [2.05, 4.69) is 20.5 Å². The molecule has 7 rings (SSSR count). The van der Waals surface area contributed by atoms with Crippen molar-refractivity contribution in [3.05, 3.63) is 82.4 Å². The highest BCUT2D eigenvalue weighted by atomic mass is 35.5. The number of rotatable bonds is 7. The fourth-order valence-corrected chi connectivity index (χ4v) is 6.14. The topological polar surface area (TPSA) is 98.9 Å². The molecule has 2 aromatic carbocycles. The lowest BCUT2D eigenvalue weighted by Gasteiger charge is -2.35. The zero-order valence-electron chi connectivity index (χ0n) is 22.5. The second-order valence-electron chi connectivity index (χ2n) is 11.0. The molecule has 0 aliphatic carbocycles.